The van der Waals surface area contributed by atoms with Crippen LogP contribution in [0.3, 0.4) is 0 Å². The van der Waals surface area contributed by atoms with Gasteiger partial charge in [-0.1, -0.05) is 6.92 Å². The molecule has 1 fully saturated rings. The Bertz CT molecular complexity index is 388. The molecule has 4 heteroatoms. The van der Waals surface area contributed by atoms with E-state index >= 15 is 0 Å². The van der Waals surface area contributed by atoms with Gasteiger partial charge < -0.3 is 10.0 Å². The largest absolute Gasteiger partial charge is 0.393 e. The summed E-state index contributed by atoms with van der Waals surface area (Å²) < 4.78 is 0. The molecular formula is C12H17NO2S. The van der Waals surface area contributed by atoms with Gasteiger partial charge in [0.1, 0.15) is 0 Å². The Morgan fingerprint density at radius 2 is 2.31 bits per heavy atom. The lowest BCUT2D eigenvalue weighted by atomic mass is 9.96. The maximum Gasteiger partial charge on any atom is 0.254 e. The number of hydrogen-bond donors (Lipinski definition) is 1. The number of likely N-dealkylation sites (tertiary alicyclic amines) is 1. The fourth-order valence-corrected chi connectivity index (χ4v) is 2.89. The molecule has 0 aliphatic carbocycles. The van der Waals surface area contributed by atoms with Crippen molar-refractivity contribution in [3.63, 3.8) is 0 Å². The normalized spacial score (nSPS) is 25.8. The minimum atomic E-state index is -0.257. The smallest absolute Gasteiger partial charge is 0.254 e. The SMILES string of the molecule is Cc1cscc1C(=O)N1CCC(O)C(C)C1. The fraction of sp³-hybridized carbons (Fsp3) is 0.583. The van der Waals surface area contributed by atoms with Crippen molar-refractivity contribution in [2.75, 3.05) is 13.1 Å². The maximum absolute atomic E-state index is 12.2. The Kier molecular flexibility index (Phi) is 3.30. The second kappa shape index (κ2) is 4.55. The summed E-state index contributed by atoms with van der Waals surface area (Å²) in [6.45, 7) is 5.28. The number of aliphatic hydroxyl groups excluding tert-OH is 1. The zero-order valence-corrected chi connectivity index (χ0v) is 10.5. The summed E-state index contributed by atoms with van der Waals surface area (Å²) in [5, 5.41) is 13.5. The van der Waals surface area contributed by atoms with E-state index in [-0.39, 0.29) is 17.9 Å². The topological polar surface area (TPSA) is 40.5 Å². The molecule has 0 bridgehead atoms. The lowest BCUT2D eigenvalue weighted by molar-refractivity contribution is 0.0297. The van der Waals surface area contributed by atoms with Crippen molar-refractivity contribution in [1.29, 1.82) is 0 Å². The summed E-state index contributed by atoms with van der Waals surface area (Å²) in [7, 11) is 0. The minimum Gasteiger partial charge on any atom is -0.393 e. The van der Waals surface area contributed by atoms with Crippen LogP contribution in [0.4, 0.5) is 0 Å². The minimum absolute atomic E-state index is 0.109. The average molecular weight is 239 g/mol. The van der Waals surface area contributed by atoms with Crippen LogP contribution < -0.4 is 0 Å². The molecule has 0 saturated carbocycles. The number of carbonyl (C=O) groups is 1. The molecular weight excluding hydrogens is 222 g/mol. The van der Waals surface area contributed by atoms with Crippen LogP contribution in [0.25, 0.3) is 0 Å². The highest BCUT2D eigenvalue weighted by Gasteiger charge is 2.28. The molecule has 1 aliphatic rings. The van der Waals surface area contributed by atoms with Gasteiger partial charge in [-0.25, -0.2) is 0 Å². The molecule has 1 saturated heterocycles. The molecule has 1 aliphatic heterocycles. The second-order valence-corrected chi connectivity index (χ2v) is 5.30. The first-order chi connectivity index (χ1) is 7.59. The Hall–Kier alpha value is -0.870. The molecule has 0 radical (unpaired) electrons. The Morgan fingerprint density at radius 3 is 2.88 bits per heavy atom. The van der Waals surface area contributed by atoms with E-state index in [2.05, 4.69) is 0 Å². The summed E-state index contributed by atoms with van der Waals surface area (Å²) in [6.07, 6.45) is 0.434. The van der Waals surface area contributed by atoms with Gasteiger partial charge in [0.25, 0.3) is 5.91 Å². The molecule has 16 heavy (non-hydrogen) atoms. The zero-order chi connectivity index (χ0) is 11.7. The van der Waals surface area contributed by atoms with Gasteiger partial charge in [-0.3, -0.25) is 4.79 Å². The highest BCUT2D eigenvalue weighted by atomic mass is 32.1. The predicted octanol–water partition coefficient (Wildman–Crippen LogP) is 1.90. The van der Waals surface area contributed by atoms with Crippen molar-refractivity contribution >= 4 is 17.2 Å². The summed E-state index contributed by atoms with van der Waals surface area (Å²) in [5.74, 6) is 0.286. The molecule has 0 spiro atoms. The molecule has 0 aromatic carbocycles. The van der Waals surface area contributed by atoms with Crippen molar-refractivity contribution in [1.82, 2.24) is 4.90 Å². The van der Waals surface area contributed by atoms with Crippen LogP contribution in [-0.4, -0.2) is 35.1 Å². The molecule has 88 valence electrons. The average Bonchev–Trinajstić information content (AvgIpc) is 2.67. The highest BCUT2D eigenvalue weighted by molar-refractivity contribution is 7.08. The summed E-state index contributed by atoms with van der Waals surface area (Å²) in [5.41, 5.74) is 1.86. The molecule has 2 rings (SSSR count). The Morgan fingerprint density at radius 1 is 1.56 bits per heavy atom. The van der Waals surface area contributed by atoms with E-state index in [0.717, 1.165) is 11.1 Å². The number of carbonyl (C=O) groups excluding carboxylic acids is 1. The van der Waals surface area contributed by atoms with E-state index in [1.807, 2.05) is 29.5 Å². The van der Waals surface area contributed by atoms with Gasteiger partial charge in [-0.15, -0.1) is 0 Å². The van der Waals surface area contributed by atoms with Crippen molar-refractivity contribution in [3.05, 3.63) is 21.9 Å². The molecule has 1 aromatic rings. The van der Waals surface area contributed by atoms with Crippen LogP contribution in [-0.2, 0) is 0 Å². The third-order valence-electron chi connectivity index (χ3n) is 3.23. The maximum atomic E-state index is 12.2. The Labute approximate surface area is 99.7 Å². The summed E-state index contributed by atoms with van der Waals surface area (Å²) >= 11 is 1.56. The summed E-state index contributed by atoms with van der Waals surface area (Å²) in [6, 6.07) is 0. The van der Waals surface area contributed by atoms with E-state index in [1.165, 1.54) is 0 Å². The number of piperidine rings is 1. The number of hydrogen-bond acceptors (Lipinski definition) is 3. The van der Waals surface area contributed by atoms with Gasteiger partial charge in [0.2, 0.25) is 0 Å². The summed E-state index contributed by atoms with van der Waals surface area (Å²) in [4.78, 5) is 14.0. The molecule has 3 nitrogen and oxygen atoms in total. The van der Waals surface area contributed by atoms with Gasteiger partial charge in [-0.05, 0) is 30.2 Å². The van der Waals surface area contributed by atoms with Crippen LogP contribution >= 0.6 is 11.3 Å². The molecule has 2 unspecified atom stereocenters. The van der Waals surface area contributed by atoms with Gasteiger partial charge in [0, 0.05) is 18.5 Å². The number of aryl methyl sites for hydroxylation is 1. The van der Waals surface area contributed by atoms with Gasteiger partial charge in [-0.2, -0.15) is 11.3 Å². The van der Waals surface area contributed by atoms with Crippen molar-refractivity contribution in [2.24, 2.45) is 5.92 Å². The predicted molar refractivity (Wildman–Crippen MR) is 64.7 cm³/mol. The van der Waals surface area contributed by atoms with E-state index in [0.29, 0.717) is 19.5 Å². The number of aliphatic hydroxyl groups is 1. The second-order valence-electron chi connectivity index (χ2n) is 4.55. The van der Waals surface area contributed by atoms with Crippen molar-refractivity contribution < 1.29 is 9.90 Å². The lowest BCUT2D eigenvalue weighted by Crippen LogP contribution is -2.45. The van der Waals surface area contributed by atoms with Gasteiger partial charge in [0.15, 0.2) is 0 Å². The van der Waals surface area contributed by atoms with Gasteiger partial charge >= 0.3 is 0 Å². The lowest BCUT2D eigenvalue weighted by Gasteiger charge is -2.34. The number of thiophene rings is 1. The molecule has 2 atom stereocenters. The number of nitrogens with zero attached hydrogens (tertiary/aromatic N) is 1. The number of rotatable bonds is 1. The standard InChI is InChI=1S/C12H17NO2S/c1-8-5-13(4-3-11(8)14)12(15)10-7-16-6-9(10)2/h6-8,11,14H,3-5H2,1-2H3. The van der Waals surface area contributed by atoms with Crippen LogP contribution in [0, 0.1) is 12.8 Å². The van der Waals surface area contributed by atoms with Crippen molar-refractivity contribution in [3.8, 4) is 0 Å². The quantitative estimate of drug-likeness (QED) is 0.813. The van der Waals surface area contributed by atoms with E-state index < -0.39 is 0 Å². The molecule has 1 aromatic heterocycles. The first-order valence-electron chi connectivity index (χ1n) is 5.59. The molecule has 1 amide bonds. The zero-order valence-electron chi connectivity index (χ0n) is 9.64. The van der Waals surface area contributed by atoms with E-state index in [1.54, 1.807) is 11.3 Å². The first kappa shape index (κ1) is 11.6. The fourth-order valence-electron chi connectivity index (χ4n) is 2.07. The monoisotopic (exact) mass is 239 g/mol. The van der Waals surface area contributed by atoms with Crippen LogP contribution in [0.5, 0.6) is 0 Å². The molecule has 2 heterocycles. The first-order valence-corrected chi connectivity index (χ1v) is 6.54. The third kappa shape index (κ3) is 2.13. The van der Waals surface area contributed by atoms with Gasteiger partial charge in [0.05, 0.1) is 11.7 Å². The van der Waals surface area contributed by atoms with Crippen LogP contribution in [0.2, 0.25) is 0 Å². The third-order valence-corrected chi connectivity index (χ3v) is 4.09. The van der Waals surface area contributed by atoms with E-state index in [4.69, 9.17) is 0 Å². The highest BCUT2D eigenvalue weighted by Crippen LogP contribution is 2.21. The molecule has 1 N–H and O–H groups in total. The van der Waals surface area contributed by atoms with Crippen LogP contribution in [0.15, 0.2) is 10.8 Å². The van der Waals surface area contributed by atoms with E-state index in [9.17, 15) is 9.90 Å². The number of amides is 1. The van der Waals surface area contributed by atoms with Crippen molar-refractivity contribution in [2.45, 2.75) is 26.4 Å². The Balaban J connectivity index is 2.09. The van der Waals surface area contributed by atoms with Crippen LogP contribution in [0.1, 0.15) is 29.3 Å².